The Balaban J connectivity index is 3.04. The van der Waals surface area contributed by atoms with Crippen LogP contribution < -0.4 is 4.74 Å². The molecule has 0 aliphatic carbocycles. The molecule has 1 aromatic rings. The highest BCUT2D eigenvalue weighted by Gasteiger charge is 2.32. The number of halogens is 3. The summed E-state index contributed by atoms with van der Waals surface area (Å²) >= 11 is 0. The Kier molecular flexibility index (Phi) is 3.17. The summed E-state index contributed by atoms with van der Waals surface area (Å²) in [6.45, 7) is 0.679. The van der Waals surface area contributed by atoms with E-state index >= 15 is 0 Å². The number of alkyl halides is 3. The van der Waals surface area contributed by atoms with E-state index in [0.717, 1.165) is 12.1 Å². The number of rotatable bonds is 2. The monoisotopic (exact) mass is 216 g/mol. The van der Waals surface area contributed by atoms with E-state index in [4.69, 9.17) is 10.4 Å². The Morgan fingerprint density at radius 1 is 1.40 bits per heavy atom. The van der Waals surface area contributed by atoms with Crippen LogP contribution in [-0.4, -0.2) is 11.5 Å². The molecule has 0 saturated carbocycles. The van der Waals surface area contributed by atoms with Crippen LogP contribution in [0.5, 0.6) is 5.75 Å². The van der Waals surface area contributed by atoms with Gasteiger partial charge in [-0.25, -0.2) is 0 Å². The number of hydrogen-bond acceptors (Lipinski definition) is 3. The maximum Gasteiger partial charge on any atom is 0.573 e. The van der Waals surface area contributed by atoms with Gasteiger partial charge in [0.2, 0.25) is 0 Å². The molecule has 0 spiro atoms. The predicted octanol–water partition coefficient (Wildman–Crippen LogP) is 2.34. The van der Waals surface area contributed by atoms with E-state index in [1.54, 1.807) is 0 Å². The molecule has 0 bridgehead atoms. The summed E-state index contributed by atoms with van der Waals surface area (Å²) in [7, 11) is 0. The first-order valence-corrected chi connectivity index (χ1v) is 3.73. The Morgan fingerprint density at radius 3 is 2.53 bits per heavy atom. The van der Waals surface area contributed by atoms with Crippen molar-refractivity contribution in [2.45, 2.75) is 6.36 Å². The summed E-state index contributed by atoms with van der Waals surface area (Å²) < 4.78 is 39.2. The summed E-state index contributed by atoms with van der Waals surface area (Å²) in [5.41, 5.74) is -0.0730. The Labute approximate surface area is 83.3 Å². The van der Waals surface area contributed by atoms with Gasteiger partial charge in [0, 0.05) is 0 Å². The van der Waals surface area contributed by atoms with Gasteiger partial charge in [-0.1, -0.05) is 6.07 Å². The maximum absolute atomic E-state index is 11.9. The van der Waals surface area contributed by atoms with Crippen molar-refractivity contribution >= 4 is 0 Å². The molecule has 0 fully saturated rings. The van der Waals surface area contributed by atoms with Gasteiger partial charge in [-0.3, -0.25) is 0 Å². The zero-order chi connectivity index (χ0) is 11.5. The third kappa shape index (κ3) is 3.14. The highest BCUT2D eigenvalue weighted by Crippen LogP contribution is 2.26. The summed E-state index contributed by atoms with van der Waals surface area (Å²) in [4.78, 5) is 0. The van der Waals surface area contributed by atoms with Crippen LogP contribution in [-0.2, 0) is 0 Å². The molecule has 0 saturated heterocycles. The van der Waals surface area contributed by atoms with Crippen LogP contribution in [0.15, 0.2) is 18.2 Å². The Bertz CT molecular complexity index is 395. The molecule has 0 amide bonds. The van der Waals surface area contributed by atoms with Crippen LogP contribution in [0, 0.1) is 17.9 Å². The van der Waals surface area contributed by atoms with E-state index in [-0.39, 0.29) is 11.1 Å². The van der Waals surface area contributed by atoms with Crippen LogP contribution in [0.2, 0.25) is 0 Å². The van der Waals surface area contributed by atoms with E-state index in [2.05, 4.69) is 4.74 Å². The van der Waals surface area contributed by atoms with Crippen LogP contribution in [0.25, 0.3) is 0 Å². The van der Waals surface area contributed by atoms with Gasteiger partial charge >= 0.3 is 6.36 Å². The lowest BCUT2D eigenvalue weighted by Crippen LogP contribution is -2.17. The summed E-state index contributed by atoms with van der Waals surface area (Å²) in [6, 6.07) is 4.78. The minimum atomic E-state index is -4.84. The van der Waals surface area contributed by atoms with E-state index < -0.39 is 12.1 Å². The first-order valence-electron chi connectivity index (χ1n) is 3.73. The van der Waals surface area contributed by atoms with Crippen LogP contribution >= 0.6 is 0 Å². The molecule has 3 nitrogen and oxygen atoms in total. The molecular formula is C9H5F3NO2. The predicted molar refractivity (Wildman–Crippen MR) is 43.2 cm³/mol. The molecule has 0 atom stereocenters. The van der Waals surface area contributed by atoms with Crippen molar-refractivity contribution in [2.24, 2.45) is 0 Å². The number of aliphatic hydroxyl groups is 1. The van der Waals surface area contributed by atoms with Crippen LogP contribution in [0.3, 0.4) is 0 Å². The van der Waals surface area contributed by atoms with Gasteiger partial charge < -0.3 is 9.84 Å². The lowest BCUT2D eigenvalue weighted by Gasteiger charge is -2.10. The average Bonchev–Trinajstić information content (AvgIpc) is 2.16. The number of hydrogen-bond donors (Lipinski definition) is 1. The molecule has 6 heteroatoms. The minimum absolute atomic E-state index is 0.223. The van der Waals surface area contributed by atoms with Crippen molar-refractivity contribution in [1.29, 1.82) is 5.26 Å². The van der Waals surface area contributed by atoms with Gasteiger partial charge in [0.1, 0.15) is 18.4 Å². The topological polar surface area (TPSA) is 53.2 Å². The van der Waals surface area contributed by atoms with E-state index in [9.17, 15) is 13.2 Å². The van der Waals surface area contributed by atoms with Crippen LogP contribution in [0.4, 0.5) is 13.2 Å². The minimum Gasteiger partial charge on any atom is -0.404 e. The van der Waals surface area contributed by atoms with Gasteiger partial charge in [0.25, 0.3) is 0 Å². The molecule has 0 aliphatic heterocycles. The zero-order valence-corrected chi connectivity index (χ0v) is 7.25. The molecule has 1 radical (unpaired) electrons. The maximum atomic E-state index is 11.9. The molecule has 1 rings (SSSR count). The molecule has 79 valence electrons. The van der Waals surface area contributed by atoms with E-state index in [0.29, 0.717) is 6.61 Å². The van der Waals surface area contributed by atoms with Gasteiger partial charge in [-0.15, -0.1) is 13.2 Å². The number of aliphatic hydroxyl groups excluding tert-OH is 1. The smallest absolute Gasteiger partial charge is 0.404 e. The third-order valence-corrected chi connectivity index (χ3v) is 1.50. The fourth-order valence-electron chi connectivity index (χ4n) is 0.929. The fraction of sp³-hybridized carbons (Fsp3) is 0.111. The van der Waals surface area contributed by atoms with Crippen molar-refractivity contribution in [2.75, 3.05) is 0 Å². The van der Waals surface area contributed by atoms with Crippen molar-refractivity contribution in [1.82, 2.24) is 0 Å². The molecule has 0 aliphatic rings. The van der Waals surface area contributed by atoms with E-state index in [1.807, 2.05) is 0 Å². The number of benzene rings is 1. The highest BCUT2D eigenvalue weighted by atomic mass is 19.4. The fourth-order valence-corrected chi connectivity index (χ4v) is 0.929. The van der Waals surface area contributed by atoms with Crippen molar-refractivity contribution in [3.05, 3.63) is 35.9 Å². The SMILES string of the molecule is N#Cc1cc([CH]O)ccc1OC(F)(F)F. The van der Waals surface area contributed by atoms with Crippen molar-refractivity contribution < 1.29 is 23.0 Å². The normalized spacial score (nSPS) is 10.9. The molecule has 1 aromatic carbocycles. The third-order valence-electron chi connectivity index (χ3n) is 1.50. The standard InChI is InChI=1S/C9H5F3NO2/c10-9(11,12)15-8-2-1-6(5-14)3-7(8)4-13/h1-3,5,14H. The molecule has 0 heterocycles. The quantitative estimate of drug-likeness (QED) is 0.825. The van der Waals surface area contributed by atoms with Crippen LogP contribution in [0.1, 0.15) is 11.1 Å². The second kappa shape index (κ2) is 4.19. The molecule has 15 heavy (non-hydrogen) atoms. The molecule has 0 aromatic heterocycles. The lowest BCUT2D eigenvalue weighted by molar-refractivity contribution is -0.274. The van der Waals surface area contributed by atoms with Crippen molar-refractivity contribution in [3.8, 4) is 11.8 Å². The van der Waals surface area contributed by atoms with Gasteiger partial charge in [0.15, 0.2) is 0 Å². The first kappa shape index (κ1) is 11.3. The average molecular weight is 216 g/mol. The largest absolute Gasteiger partial charge is 0.573 e. The first-order chi connectivity index (χ1) is 6.96. The summed E-state index contributed by atoms with van der Waals surface area (Å²) in [5.74, 6) is -0.587. The number of nitriles is 1. The van der Waals surface area contributed by atoms with Gasteiger partial charge in [0.05, 0.1) is 5.56 Å². The lowest BCUT2D eigenvalue weighted by atomic mass is 10.1. The molecule has 1 N–H and O–H groups in total. The molecular weight excluding hydrogens is 211 g/mol. The molecule has 0 unspecified atom stereocenters. The highest BCUT2D eigenvalue weighted by molar-refractivity contribution is 5.46. The number of ether oxygens (including phenoxy) is 1. The summed E-state index contributed by atoms with van der Waals surface area (Å²) in [5, 5.41) is 17.1. The second-order valence-electron chi connectivity index (χ2n) is 2.54. The number of nitrogens with zero attached hydrogens (tertiary/aromatic N) is 1. The Morgan fingerprint density at radius 2 is 2.07 bits per heavy atom. The Hall–Kier alpha value is -1.74. The summed E-state index contributed by atoms with van der Waals surface area (Å²) in [6.07, 6.45) is -4.84. The van der Waals surface area contributed by atoms with Crippen molar-refractivity contribution in [3.63, 3.8) is 0 Å². The van der Waals surface area contributed by atoms with E-state index in [1.165, 1.54) is 12.1 Å². The van der Waals surface area contributed by atoms with Gasteiger partial charge in [-0.2, -0.15) is 5.26 Å². The second-order valence-corrected chi connectivity index (χ2v) is 2.54. The zero-order valence-electron chi connectivity index (χ0n) is 7.25. The van der Waals surface area contributed by atoms with Gasteiger partial charge in [-0.05, 0) is 17.7 Å².